The van der Waals surface area contributed by atoms with E-state index in [1.807, 2.05) is 18.2 Å². The second-order valence-electron chi connectivity index (χ2n) is 7.95. The number of benzene rings is 4. The van der Waals surface area contributed by atoms with E-state index in [0.29, 0.717) is 0 Å². The van der Waals surface area contributed by atoms with Crippen molar-refractivity contribution in [1.82, 2.24) is 0 Å². The Balaban J connectivity index is 1.50. The highest BCUT2D eigenvalue weighted by Gasteiger charge is 2.17. The standard InChI is InChI=1S/C29H24ClN2/c1-31(26-10-6-3-7-11-26)28-18-19-32(29-20-25(30)16-17-27(28)29)21-22-12-14-24(15-13-22)23-8-4-2-5-9-23/h2-20H,21H2,1H3/q+1. The lowest BCUT2D eigenvalue weighted by atomic mass is 10.0. The zero-order valence-electron chi connectivity index (χ0n) is 17.9. The normalized spacial score (nSPS) is 10.9. The first-order valence-electron chi connectivity index (χ1n) is 10.7. The van der Waals surface area contributed by atoms with Crippen molar-refractivity contribution in [1.29, 1.82) is 0 Å². The molecule has 5 rings (SSSR count). The van der Waals surface area contributed by atoms with Crippen LogP contribution in [0.15, 0.2) is 115 Å². The van der Waals surface area contributed by atoms with Crippen LogP contribution >= 0.6 is 11.6 Å². The van der Waals surface area contributed by atoms with Crippen LogP contribution in [0.25, 0.3) is 22.0 Å². The molecule has 1 aromatic heterocycles. The average Bonchev–Trinajstić information content (AvgIpc) is 2.85. The molecule has 32 heavy (non-hydrogen) atoms. The van der Waals surface area contributed by atoms with E-state index in [4.69, 9.17) is 11.6 Å². The number of nitrogens with zero attached hydrogens (tertiary/aromatic N) is 2. The first-order chi connectivity index (χ1) is 15.7. The number of para-hydroxylation sites is 1. The molecule has 0 N–H and O–H groups in total. The molecule has 0 saturated carbocycles. The number of fused-ring (bicyclic) bond motifs is 1. The maximum Gasteiger partial charge on any atom is 0.216 e. The first kappa shape index (κ1) is 20.3. The summed E-state index contributed by atoms with van der Waals surface area (Å²) >= 11 is 6.40. The predicted octanol–water partition coefficient (Wildman–Crippen LogP) is 7.26. The van der Waals surface area contributed by atoms with Crippen LogP contribution in [0.1, 0.15) is 5.56 Å². The Hall–Kier alpha value is -3.62. The molecule has 4 aromatic carbocycles. The van der Waals surface area contributed by atoms with E-state index in [9.17, 15) is 0 Å². The molecule has 0 atom stereocenters. The Labute approximate surface area is 194 Å². The van der Waals surface area contributed by atoms with Gasteiger partial charge in [0.05, 0.1) is 11.1 Å². The van der Waals surface area contributed by atoms with Crippen LogP contribution in [0, 0.1) is 0 Å². The maximum atomic E-state index is 6.40. The number of rotatable bonds is 5. The van der Waals surface area contributed by atoms with Gasteiger partial charge in [-0.15, -0.1) is 0 Å². The number of hydrogen-bond donors (Lipinski definition) is 0. The molecule has 5 aromatic rings. The quantitative estimate of drug-likeness (QED) is 0.263. The lowest BCUT2D eigenvalue weighted by molar-refractivity contribution is -0.662. The predicted molar refractivity (Wildman–Crippen MR) is 135 cm³/mol. The van der Waals surface area contributed by atoms with Crippen LogP contribution in [0.4, 0.5) is 11.4 Å². The van der Waals surface area contributed by atoms with E-state index in [1.165, 1.54) is 22.1 Å². The zero-order chi connectivity index (χ0) is 21.9. The minimum atomic E-state index is 0.741. The Morgan fingerprint density at radius 3 is 2.09 bits per heavy atom. The molecule has 0 radical (unpaired) electrons. The van der Waals surface area contributed by atoms with Crippen molar-refractivity contribution >= 4 is 33.9 Å². The van der Waals surface area contributed by atoms with Crippen molar-refractivity contribution in [2.45, 2.75) is 6.54 Å². The monoisotopic (exact) mass is 435 g/mol. The second kappa shape index (κ2) is 8.86. The van der Waals surface area contributed by atoms with Gasteiger partial charge in [0, 0.05) is 35.5 Å². The summed E-state index contributed by atoms with van der Waals surface area (Å²) in [6, 6.07) is 38.0. The van der Waals surface area contributed by atoms with E-state index >= 15 is 0 Å². The van der Waals surface area contributed by atoms with Crippen molar-refractivity contribution in [3.8, 4) is 11.1 Å². The van der Waals surface area contributed by atoms with Gasteiger partial charge in [0.2, 0.25) is 5.52 Å². The van der Waals surface area contributed by atoms with Crippen molar-refractivity contribution in [3.05, 3.63) is 126 Å². The summed E-state index contributed by atoms with van der Waals surface area (Å²) in [5, 5.41) is 1.91. The highest BCUT2D eigenvalue weighted by molar-refractivity contribution is 6.31. The van der Waals surface area contributed by atoms with Crippen LogP contribution in [-0.2, 0) is 6.54 Å². The number of anilines is 2. The summed E-state index contributed by atoms with van der Waals surface area (Å²) in [5.41, 5.74) is 7.13. The molecule has 0 fully saturated rings. The Bertz CT molecular complexity index is 1350. The summed E-state index contributed by atoms with van der Waals surface area (Å²) in [7, 11) is 2.10. The molecule has 2 nitrogen and oxygen atoms in total. The Morgan fingerprint density at radius 2 is 1.38 bits per heavy atom. The highest BCUT2D eigenvalue weighted by Crippen LogP contribution is 2.31. The average molecular weight is 436 g/mol. The molecule has 3 heteroatoms. The number of aromatic nitrogens is 1. The maximum absolute atomic E-state index is 6.40. The van der Waals surface area contributed by atoms with Crippen LogP contribution in [0.3, 0.4) is 0 Å². The molecule has 0 aliphatic heterocycles. The minimum Gasteiger partial charge on any atom is -0.344 e. The summed E-state index contributed by atoms with van der Waals surface area (Å²) in [5.74, 6) is 0. The Morgan fingerprint density at radius 1 is 0.719 bits per heavy atom. The third-order valence-electron chi connectivity index (χ3n) is 5.88. The van der Waals surface area contributed by atoms with Gasteiger partial charge in [-0.25, -0.2) is 0 Å². The summed E-state index contributed by atoms with van der Waals surface area (Å²) < 4.78 is 2.26. The lowest BCUT2D eigenvalue weighted by Crippen LogP contribution is -2.35. The Kier molecular flexibility index (Phi) is 5.62. The molecule has 0 unspecified atom stereocenters. The van der Waals surface area contributed by atoms with Crippen LogP contribution in [0.2, 0.25) is 5.02 Å². The van der Waals surface area contributed by atoms with Crippen molar-refractivity contribution in [3.63, 3.8) is 0 Å². The van der Waals surface area contributed by atoms with Gasteiger partial charge in [0.25, 0.3) is 0 Å². The van der Waals surface area contributed by atoms with Gasteiger partial charge in [0.1, 0.15) is 0 Å². The minimum absolute atomic E-state index is 0.741. The van der Waals surface area contributed by atoms with Gasteiger partial charge >= 0.3 is 0 Å². The van der Waals surface area contributed by atoms with E-state index in [0.717, 1.165) is 28.5 Å². The largest absolute Gasteiger partial charge is 0.344 e. The zero-order valence-corrected chi connectivity index (χ0v) is 18.7. The van der Waals surface area contributed by atoms with E-state index in [2.05, 4.69) is 114 Å². The third kappa shape index (κ3) is 4.10. The highest BCUT2D eigenvalue weighted by atomic mass is 35.5. The second-order valence-corrected chi connectivity index (χ2v) is 8.38. The molecular formula is C29H24ClN2+. The molecule has 0 aliphatic carbocycles. The molecule has 0 bridgehead atoms. The van der Waals surface area contributed by atoms with Gasteiger partial charge in [-0.2, -0.15) is 4.57 Å². The van der Waals surface area contributed by atoms with Gasteiger partial charge < -0.3 is 4.90 Å². The van der Waals surface area contributed by atoms with E-state index in [1.54, 1.807) is 0 Å². The van der Waals surface area contributed by atoms with Crippen LogP contribution in [-0.4, -0.2) is 7.05 Å². The third-order valence-corrected chi connectivity index (χ3v) is 6.11. The number of halogens is 1. The van der Waals surface area contributed by atoms with Crippen molar-refractivity contribution in [2.75, 3.05) is 11.9 Å². The van der Waals surface area contributed by atoms with Gasteiger partial charge in [-0.05, 0) is 35.4 Å². The van der Waals surface area contributed by atoms with Gasteiger partial charge in [0.15, 0.2) is 12.7 Å². The van der Waals surface area contributed by atoms with Crippen molar-refractivity contribution in [2.24, 2.45) is 0 Å². The SMILES string of the molecule is CN(c1ccccc1)c1cc[n+](Cc2ccc(-c3ccccc3)cc2)c2cc(Cl)ccc12. The molecule has 0 amide bonds. The number of hydrogen-bond acceptors (Lipinski definition) is 1. The van der Waals surface area contributed by atoms with E-state index < -0.39 is 0 Å². The van der Waals surface area contributed by atoms with E-state index in [-0.39, 0.29) is 0 Å². The summed E-state index contributed by atoms with van der Waals surface area (Å²) in [4.78, 5) is 2.22. The van der Waals surface area contributed by atoms with Gasteiger partial charge in [-0.1, -0.05) is 84.4 Å². The lowest BCUT2D eigenvalue weighted by Gasteiger charge is -2.20. The van der Waals surface area contributed by atoms with Crippen molar-refractivity contribution < 1.29 is 4.57 Å². The van der Waals surface area contributed by atoms with Crippen LogP contribution in [0.5, 0.6) is 0 Å². The van der Waals surface area contributed by atoms with Crippen LogP contribution < -0.4 is 9.47 Å². The fourth-order valence-corrected chi connectivity index (χ4v) is 4.31. The molecule has 0 spiro atoms. The molecule has 0 saturated heterocycles. The van der Waals surface area contributed by atoms with Gasteiger partial charge in [-0.3, -0.25) is 0 Å². The fraction of sp³-hybridized carbons (Fsp3) is 0.0690. The molecular weight excluding hydrogens is 412 g/mol. The summed E-state index contributed by atoms with van der Waals surface area (Å²) in [6.45, 7) is 0.779. The first-order valence-corrected chi connectivity index (χ1v) is 11.1. The number of pyridine rings is 1. The molecule has 156 valence electrons. The molecule has 1 heterocycles. The fourth-order valence-electron chi connectivity index (χ4n) is 4.14. The topological polar surface area (TPSA) is 7.12 Å². The summed E-state index contributed by atoms with van der Waals surface area (Å²) in [6.07, 6.45) is 2.15. The smallest absolute Gasteiger partial charge is 0.216 e. The molecule has 0 aliphatic rings.